The highest BCUT2D eigenvalue weighted by molar-refractivity contribution is 5.95. The van der Waals surface area contributed by atoms with Gasteiger partial charge in [0.05, 0.1) is 6.61 Å². The van der Waals surface area contributed by atoms with Crippen LogP contribution in [0.2, 0.25) is 0 Å². The Labute approximate surface area is 154 Å². The second-order valence-corrected chi connectivity index (χ2v) is 5.78. The summed E-state index contributed by atoms with van der Waals surface area (Å²) in [7, 11) is 0. The normalized spacial score (nSPS) is 13.4. The topological polar surface area (TPSA) is 67.4 Å². The molecule has 0 aliphatic carbocycles. The van der Waals surface area contributed by atoms with Crippen LogP contribution in [0.3, 0.4) is 0 Å². The third-order valence-electron chi connectivity index (χ3n) is 3.82. The predicted octanol–water partition coefficient (Wildman–Crippen LogP) is 4.14. The number of halogens is 3. The van der Waals surface area contributed by atoms with Gasteiger partial charge in [0.25, 0.3) is 5.54 Å². The van der Waals surface area contributed by atoms with Gasteiger partial charge in [0, 0.05) is 5.69 Å². The summed E-state index contributed by atoms with van der Waals surface area (Å²) in [5.41, 5.74) is -2.58. The Morgan fingerprint density at radius 2 is 1.59 bits per heavy atom. The average molecular weight is 380 g/mol. The maximum Gasteiger partial charge on any atom is 0.426 e. The van der Waals surface area contributed by atoms with Crippen LogP contribution in [0.5, 0.6) is 0 Å². The molecule has 27 heavy (non-hydrogen) atoms. The minimum atomic E-state index is -5.13. The summed E-state index contributed by atoms with van der Waals surface area (Å²) in [6, 6.07) is 11.7. The molecule has 0 radical (unpaired) electrons. The molecule has 0 spiro atoms. The number of urea groups is 1. The molecule has 2 amide bonds. The Morgan fingerprint density at radius 3 is 2.11 bits per heavy atom. The van der Waals surface area contributed by atoms with Crippen LogP contribution in [0, 0.1) is 6.92 Å². The molecule has 0 aliphatic rings. The number of amides is 2. The van der Waals surface area contributed by atoms with E-state index in [9.17, 15) is 22.8 Å². The molecule has 2 aromatic rings. The molecular formula is C19H19F3N2O3. The summed E-state index contributed by atoms with van der Waals surface area (Å²) in [4.78, 5) is 24.7. The first-order chi connectivity index (χ1) is 12.7. The molecule has 2 N–H and O–H groups in total. The summed E-state index contributed by atoms with van der Waals surface area (Å²) in [5.74, 6) is -1.61. The maximum absolute atomic E-state index is 14.0. The third kappa shape index (κ3) is 4.39. The molecule has 0 heterocycles. The number of aryl methyl sites for hydroxylation is 1. The van der Waals surface area contributed by atoms with Gasteiger partial charge in [-0.25, -0.2) is 9.59 Å². The van der Waals surface area contributed by atoms with E-state index in [0.29, 0.717) is 0 Å². The fourth-order valence-corrected chi connectivity index (χ4v) is 2.49. The highest BCUT2D eigenvalue weighted by Gasteiger charge is 2.64. The lowest BCUT2D eigenvalue weighted by molar-refractivity contribution is -0.213. The molecule has 0 saturated heterocycles. The Morgan fingerprint density at radius 1 is 1.00 bits per heavy atom. The highest BCUT2D eigenvalue weighted by atomic mass is 19.4. The van der Waals surface area contributed by atoms with Gasteiger partial charge in [0.2, 0.25) is 0 Å². The Hall–Kier alpha value is -3.03. The van der Waals surface area contributed by atoms with Crippen molar-refractivity contribution in [2.75, 3.05) is 11.9 Å². The minimum absolute atomic E-state index is 0.273. The lowest BCUT2D eigenvalue weighted by atomic mass is 9.89. The monoisotopic (exact) mass is 380 g/mol. The van der Waals surface area contributed by atoms with Crippen LogP contribution in [0.4, 0.5) is 23.7 Å². The van der Waals surface area contributed by atoms with E-state index >= 15 is 0 Å². The molecule has 1 atom stereocenters. The zero-order valence-corrected chi connectivity index (χ0v) is 14.8. The first-order valence-electron chi connectivity index (χ1n) is 8.16. The number of carbonyl (C=O) groups excluding carboxylic acids is 2. The molecule has 2 rings (SSSR count). The summed E-state index contributed by atoms with van der Waals surface area (Å²) in [6.45, 7) is 2.94. The van der Waals surface area contributed by atoms with Gasteiger partial charge in [0.15, 0.2) is 0 Å². The van der Waals surface area contributed by atoms with E-state index < -0.39 is 29.3 Å². The lowest BCUT2D eigenvalue weighted by Crippen LogP contribution is -2.62. The second-order valence-electron chi connectivity index (χ2n) is 5.78. The zero-order valence-electron chi connectivity index (χ0n) is 14.8. The van der Waals surface area contributed by atoms with Gasteiger partial charge in [-0.1, -0.05) is 48.0 Å². The molecule has 0 fully saturated rings. The van der Waals surface area contributed by atoms with Crippen molar-refractivity contribution in [2.45, 2.75) is 25.6 Å². The van der Waals surface area contributed by atoms with Gasteiger partial charge >= 0.3 is 18.2 Å². The molecular weight excluding hydrogens is 361 g/mol. The zero-order chi connectivity index (χ0) is 20.1. The van der Waals surface area contributed by atoms with Crippen molar-refractivity contribution in [3.63, 3.8) is 0 Å². The van der Waals surface area contributed by atoms with Crippen molar-refractivity contribution in [1.29, 1.82) is 0 Å². The van der Waals surface area contributed by atoms with Gasteiger partial charge in [0.1, 0.15) is 0 Å². The summed E-state index contributed by atoms with van der Waals surface area (Å²) < 4.78 is 46.8. The predicted molar refractivity (Wildman–Crippen MR) is 94.1 cm³/mol. The number of hydrogen-bond donors (Lipinski definition) is 2. The second kappa shape index (κ2) is 8.11. The van der Waals surface area contributed by atoms with Crippen molar-refractivity contribution in [3.8, 4) is 0 Å². The van der Waals surface area contributed by atoms with E-state index in [1.165, 1.54) is 37.3 Å². The van der Waals surface area contributed by atoms with Crippen molar-refractivity contribution < 1.29 is 27.5 Å². The number of esters is 1. The van der Waals surface area contributed by atoms with Crippen molar-refractivity contribution in [1.82, 2.24) is 5.32 Å². The molecule has 0 bridgehead atoms. The average Bonchev–Trinajstić information content (AvgIpc) is 2.61. The SMILES string of the molecule is CCOC(=O)[C@@](NC(=O)Nc1ccc(C)cc1)(c1ccccc1)C(F)(F)F. The Kier molecular flexibility index (Phi) is 6.09. The molecule has 0 unspecified atom stereocenters. The molecule has 0 saturated carbocycles. The number of ether oxygens (including phenoxy) is 1. The Balaban J connectivity index is 2.43. The van der Waals surface area contributed by atoms with Crippen molar-refractivity contribution >= 4 is 17.7 Å². The molecule has 8 heteroatoms. The van der Waals surface area contributed by atoms with Crippen LogP contribution < -0.4 is 10.6 Å². The van der Waals surface area contributed by atoms with Crippen LogP contribution in [0.1, 0.15) is 18.1 Å². The van der Waals surface area contributed by atoms with Crippen LogP contribution >= 0.6 is 0 Å². The van der Waals surface area contributed by atoms with Crippen molar-refractivity contribution in [2.24, 2.45) is 0 Å². The summed E-state index contributed by atoms with van der Waals surface area (Å²) in [5, 5.41) is 4.09. The van der Waals surface area contributed by atoms with E-state index in [2.05, 4.69) is 10.1 Å². The standard InChI is InChI=1S/C19H19F3N2O3/c1-3-27-16(25)18(19(20,21)22,14-7-5-4-6-8-14)24-17(26)23-15-11-9-13(2)10-12-15/h4-12H,3H2,1-2H3,(H2,23,24,26)/t18-/m0/s1. The van der Waals surface area contributed by atoms with E-state index in [1.807, 2.05) is 6.92 Å². The largest absolute Gasteiger partial charge is 0.464 e. The molecule has 0 aliphatic heterocycles. The molecule has 2 aromatic carbocycles. The third-order valence-corrected chi connectivity index (χ3v) is 3.82. The van der Waals surface area contributed by atoms with Crippen LogP contribution in [-0.2, 0) is 15.1 Å². The quantitative estimate of drug-likeness (QED) is 0.767. The lowest BCUT2D eigenvalue weighted by Gasteiger charge is -2.34. The minimum Gasteiger partial charge on any atom is -0.464 e. The van der Waals surface area contributed by atoms with Gasteiger partial charge < -0.3 is 15.4 Å². The van der Waals surface area contributed by atoms with E-state index in [1.54, 1.807) is 17.4 Å². The van der Waals surface area contributed by atoms with Gasteiger partial charge in [-0.3, -0.25) is 0 Å². The van der Waals surface area contributed by atoms with Crippen LogP contribution in [0.25, 0.3) is 0 Å². The number of carbonyl (C=O) groups is 2. The molecule has 144 valence electrons. The number of hydrogen-bond acceptors (Lipinski definition) is 3. The van der Waals surface area contributed by atoms with E-state index in [0.717, 1.165) is 17.7 Å². The highest BCUT2D eigenvalue weighted by Crippen LogP contribution is 2.40. The maximum atomic E-state index is 14.0. The number of alkyl halides is 3. The molecule has 0 aromatic heterocycles. The van der Waals surface area contributed by atoms with E-state index in [-0.39, 0.29) is 12.3 Å². The van der Waals surface area contributed by atoms with Gasteiger partial charge in [-0.05, 0) is 31.5 Å². The van der Waals surface area contributed by atoms with E-state index in [4.69, 9.17) is 0 Å². The van der Waals surface area contributed by atoms with Crippen LogP contribution in [0.15, 0.2) is 54.6 Å². The molecule has 5 nitrogen and oxygen atoms in total. The van der Waals surface area contributed by atoms with Crippen LogP contribution in [-0.4, -0.2) is 24.8 Å². The first-order valence-corrected chi connectivity index (χ1v) is 8.16. The number of benzene rings is 2. The van der Waals surface area contributed by atoms with Gasteiger partial charge in [-0.15, -0.1) is 0 Å². The smallest absolute Gasteiger partial charge is 0.426 e. The first kappa shape index (κ1) is 20.3. The summed E-state index contributed by atoms with van der Waals surface area (Å²) in [6.07, 6.45) is -5.13. The fraction of sp³-hybridized carbons (Fsp3) is 0.263. The summed E-state index contributed by atoms with van der Waals surface area (Å²) >= 11 is 0. The fourth-order valence-electron chi connectivity index (χ4n) is 2.49. The van der Waals surface area contributed by atoms with Crippen molar-refractivity contribution in [3.05, 3.63) is 65.7 Å². The number of anilines is 1. The number of rotatable bonds is 5. The Bertz CT molecular complexity index is 792. The van der Waals surface area contributed by atoms with Gasteiger partial charge in [-0.2, -0.15) is 13.2 Å². The number of nitrogens with one attached hydrogen (secondary N) is 2.